The van der Waals surface area contributed by atoms with Gasteiger partial charge >= 0.3 is 0 Å². The maximum absolute atomic E-state index is 11.8. The Morgan fingerprint density at radius 1 is 1.20 bits per heavy atom. The van der Waals surface area contributed by atoms with Crippen molar-refractivity contribution < 1.29 is 4.79 Å². The molecule has 0 atom stereocenters. The molecule has 0 spiro atoms. The smallest absolute Gasteiger partial charge is 0.232 e. The first kappa shape index (κ1) is 15.1. The lowest BCUT2D eigenvalue weighted by molar-refractivity contribution is -0.129. The Hall–Kier alpha value is -1.26. The second kappa shape index (κ2) is 8.12. The van der Waals surface area contributed by atoms with Gasteiger partial charge in [-0.3, -0.25) is 9.69 Å². The molecule has 3 nitrogen and oxygen atoms in total. The van der Waals surface area contributed by atoms with Crippen LogP contribution in [0.2, 0.25) is 0 Å². The van der Waals surface area contributed by atoms with Gasteiger partial charge in [-0.05, 0) is 11.8 Å². The molecule has 1 aliphatic heterocycles. The highest BCUT2D eigenvalue weighted by Crippen LogP contribution is 2.06. The van der Waals surface area contributed by atoms with Gasteiger partial charge in [0.05, 0.1) is 5.75 Å². The van der Waals surface area contributed by atoms with Gasteiger partial charge in [-0.2, -0.15) is 11.8 Å². The summed E-state index contributed by atoms with van der Waals surface area (Å²) in [5.74, 6) is 0.880. The molecular weight excluding hydrogens is 268 g/mol. The third-order valence-corrected chi connectivity index (χ3v) is 4.00. The largest absolute Gasteiger partial charge is 0.339 e. The average Bonchev–Trinajstić information content (AvgIpc) is 2.49. The van der Waals surface area contributed by atoms with Gasteiger partial charge in [-0.15, -0.1) is 0 Å². The van der Waals surface area contributed by atoms with Crippen molar-refractivity contribution in [1.29, 1.82) is 0 Å². The van der Waals surface area contributed by atoms with Gasteiger partial charge in [0.15, 0.2) is 0 Å². The number of piperazine rings is 1. The van der Waals surface area contributed by atoms with Crippen LogP contribution in [0.15, 0.2) is 36.4 Å². The van der Waals surface area contributed by atoms with Gasteiger partial charge in [0, 0.05) is 32.7 Å². The van der Waals surface area contributed by atoms with Gasteiger partial charge in [0.2, 0.25) is 5.91 Å². The quantitative estimate of drug-likeness (QED) is 0.830. The van der Waals surface area contributed by atoms with Crippen LogP contribution in [0.1, 0.15) is 5.56 Å². The van der Waals surface area contributed by atoms with Gasteiger partial charge in [-0.1, -0.05) is 42.5 Å². The standard InChI is InChI=1S/C16H22N2OS/c1-20-14-16(19)18-12-10-17(11-13-18)9-5-8-15-6-3-2-4-7-15/h2-8H,9-14H2,1H3. The van der Waals surface area contributed by atoms with Crippen molar-refractivity contribution in [3.05, 3.63) is 42.0 Å². The van der Waals surface area contributed by atoms with Crippen molar-refractivity contribution >= 4 is 23.7 Å². The van der Waals surface area contributed by atoms with E-state index in [0.29, 0.717) is 5.75 Å². The van der Waals surface area contributed by atoms with E-state index in [1.54, 1.807) is 11.8 Å². The second-order valence-corrected chi connectivity index (χ2v) is 5.79. The molecule has 0 N–H and O–H groups in total. The van der Waals surface area contributed by atoms with Gasteiger partial charge < -0.3 is 4.90 Å². The highest BCUT2D eigenvalue weighted by atomic mass is 32.2. The summed E-state index contributed by atoms with van der Waals surface area (Å²) in [6.07, 6.45) is 6.34. The van der Waals surface area contributed by atoms with Crippen molar-refractivity contribution in [2.24, 2.45) is 0 Å². The van der Waals surface area contributed by atoms with E-state index in [1.165, 1.54) is 5.56 Å². The molecule has 2 rings (SSSR count). The maximum atomic E-state index is 11.8. The first-order valence-electron chi connectivity index (χ1n) is 7.00. The molecule has 20 heavy (non-hydrogen) atoms. The number of benzene rings is 1. The Bertz CT molecular complexity index is 439. The topological polar surface area (TPSA) is 23.6 Å². The lowest BCUT2D eigenvalue weighted by atomic mass is 10.2. The van der Waals surface area contributed by atoms with E-state index in [-0.39, 0.29) is 5.91 Å². The van der Waals surface area contributed by atoms with E-state index in [9.17, 15) is 4.79 Å². The summed E-state index contributed by atoms with van der Waals surface area (Å²) < 4.78 is 0. The predicted molar refractivity (Wildman–Crippen MR) is 86.9 cm³/mol. The fraction of sp³-hybridized carbons (Fsp3) is 0.438. The maximum Gasteiger partial charge on any atom is 0.232 e. The minimum absolute atomic E-state index is 0.275. The minimum atomic E-state index is 0.275. The number of thioether (sulfide) groups is 1. The Morgan fingerprint density at radius 3 is 2.55 bits per heavy atom. The Balaban J connectivity index is 1.72. The number of carbonyl (C=O) groups is 1. The molecule has 4 heteroatoms. The third-order valence-electron chi connectivity index (χ3n) is 3.47. The van der Waals surface area contributed by atoms with E-state index < -0.39 is 0 Å². The van der Waals surface area contributed by atoms with Crippen LogP contribution in [0.5, 0.6) is 0 Å². The molecule has 1 fully saturated rings. The van der Waals surface area contributed by atoms with Crippen molar-refractivity contribution in [3.8, 4) is 0 Å². The van der Waals surface area contributed by atoms with Crippen LogP contribution in [-0.2, 0) is 4.79 Å². The van der Waals surface area contributed by atoms with Crippen LogP contribution in [0, 0.1) is 0 Å². The second-order valence-electron chi connectivity index (χ2n) is 4.93. The van der Waals surface area contributed by atoms with Gasteiger partial charge in [0.25, 0.3) is 0 Å². The highest BCUT2D eigenvalue weighted by molar-refractivity contribution is 7.99. The van der Waals surface area contributed by atoms with Crippen LogP contribution < -0.4 is 0 Å². The summed E-state index contributed by atoms with van der Waals surface area (Å²) in [6.45, 7) is 4.62. The number of amides is 1. The molecule has 0 unspecified atom stereocenters. The van der Waals surface area contributed by atoms with E-state index in [1.807, 2.05) is 17.2 Å². The molecule has 1 aromatic carbocycles. The number of hydrogen-bond acceptors (Lipinski definition) is 3. The van der Waals surface area contributed by atoms with E-state index in [4.69, 9.17) is 0 Å². The zero-order valence-electron chi connectivity index (χ0n) is 12.0. The molecule has 108 valence electrons. The van der Waals surface area contributed by atoms with Crippen LogP contribution in [0.3, 0.4) is 0 Å². The summed E-state index contributed by atoms with van der Waals surface area (Å²) >= 11 is 1.60. The van der Waals surface area contributed by atoms with Gasteiger partial charge in [-0.25, -0.2) is 0 Å². The van der Waals surface area contributed by atoms with E-state index in [0.717, 1.165) is 32.7 Å². The summed E-state index contributed by atoms with van der Waals surface area (Å²) in [4.78, 5) is 16.1. The molecule has 0 radical (unpaired) electrons. The first-order chi connectivity index (χ1) is 9.79. The minimum Gasteiger partial charge on any atom is -0.339 e. The molecule has 1 aliphatic rings. The SMILES string of the molecule is CSCC(=O)N1CCN(CC=Cc2ccccc2)CC1. The number of rotatable bonds is 5. The number of nitrogens with zero attached hydrogens (tertiary/aromatic N) is 2. The van der Waals surface area contributed by atoms with Crippen molar-refractivity contribution in [3.63, 3.8) is 0 Å². The van der Waals surface area contributed by atoms with E-state index >= 15 is 0 Å². The zero-order chi connectivity index (χ0) is 14.2. The number of carbonyl (C=O) groups excluding carboxylic acids is 1. The average molecular weight is 290 g/mol. The van der Waals surface area contributed by atoms with Crippen LogP contribution in [-0.4, -0.2) is 60.4 Å². The van der Waals surface area contributed by atoms with Crippen molar-refractivity contribution in [2.45, 2.75) is 0 Å². The molecule has 0 aliphatic carbocycles. The summed E-state index contributed by atoms with van der Waals surface area (Å²) in [5, 5.41) is 0. The molecule has 0 saturated carbocycles. The Kier molecular flexibility index (Phi) is 6.15. The normalized spacial score (nSPS) is 16.8. The fourth-order valence-electron chi connectivity index (χ4n) is 2.30. The summed E-state index contributed by atoms with van der Waals surface area (Å²) in [6, 6.07) is 10.3. The summed E-state index contributed by atoms with van der Waals surface area (Å²) in [7, 11) is 0. The van der Waals surface area contributed by atoms with Crippen molar-refractivity contribution in [1.82, 2.24) is 9.80 Å². The Labute approximate surface area is 125 Å². The van der Waals surface area contributed by atoms with Gasteiger partial charge in [0.1, 0.15) is 0 Å². The monoisotopic (exact) mass is 290 g/mol. The lowest BCUT2D eigenvalue weighted by Gasteiger charge is -2.34. The first-order valence-corrected chi connectivity index (χ1v) is 8.39. The zero-order valence-corrected chi connectivity index (χ0v) is 12.8. The lowest BCUT2D eigenvalue weighted by Crippen LogP contribution is -2.49. The molecule has 1 amide bonds. The molecule has 0 aromatic heterocycles. The fourth-order valence-corrected chi connectivity index (χ4v) is 2.73. The Morgan fingerprint density at radius 2 is 1.90 bits per heavy atom. The van der Waals surface area contributed by atoms with Crippen molar-refractivity contribution in [2.75, 3.05) is 44.7 Å². The molecule has 1 saturated heterocycles. The van der Waals surface area contributed by atoms with Crippen LogP contribution in [0.4, 0.5) is 0 Å². The third kappa shape index (κ3) is 4.69. The summed E-state index contributed by atoms with van der Waals surface area (Å²) in [5.41, 5.74) is 1.24. The molecule has 1 aromatic rings. The number of hydrogen-bond donors (Lipinski definition) is 0. The van der Waals surface area contributed by atoms with Crippen LogP contribution >= 0.6 is 11.8 Å². The molecule has 0 bridgehead atoms. The van der Waals surface area contributed by atoms with E-state index in [2.05, 4.69) is 41.3 Å². The predicted octanol–water partition coefficient (Wildman–Crippen LogP) is 2.21. The molecule has 1 heterocycles. The van der Waals surface area contributed by atoms with Crippen LogP contribution in [0.25, 0.3) is 6.08 Å². The molecular formula is C16H22N2OS. The highest BCUT2D eigenvalue weighted by Gasteiger charge is 2.19.